The minimum absolute atomic E-state index is 0.00738. The largest absolute Gasteiger partial charge is 0.507 e. The molecule has 5 rings (SSSR count). The molecule has 0 aliphatic carbocycles. The van der Waals surface area contributed by atoms with Crippen LogP contribution in [0.4, 0.5) is 0 Å². The molecule has 1 atom stereocenters. The summed E-state index contributed by atoms with van der Waals surface area (Å²) in [5.41, 5.74) is 2.06. The molecule has 0 bridgehead atoms. The summed E-state index contributed by atoms with van der Waals surface area (Å²) in [4.78, 5) is 31.6. The van der Waals surface area contributed by atoms with E-state index in [2.05, 4.69) is 4.98 Å². The Kier molecular flexibility index (Phi) is 6.13. The number of hydrogen-bond donors (Lipinski definition) is 1. The van der Waals surface area contributed by atoms with Gasteiger partial charge in [-0.25, -0.2) is 0 Å². The zero-order valence-electron chi connectivity index (χ0n) is 18.7. The smallest absolute Gasteiger partial charge is 0.296 e. The number of Topliss-reactive ketones (excluding diaryl/α,β-unsaturated/α-hetero) is 1. The van der Waals surface area contributed by atoms with Crippen LogP contribution in [-0.4, -0.2) is 26.7 Å². The SMILES string of the molecule is O=C1C(=O)N(Cc2ccco2)C(c2cccc(OCc3ccccc3)c2)C1=C(O)c1ccncc1. The second-order valence-corrected chi connectivity index (χ2v) is 8.09. The minimum atomic E-state index is -0.825. The lowest BCUT2D eigenvalue weighted by Crippen LogP contribution is -2.29. The molecule has 2 aromatic heterocycles. The zero-order chi connectivity index (χ0) is 24.2. The van der Waals surface area contributed by atoms with Gasteiger partial charge in [0.2, 0.25) is 0 Å². The van der Waals surface area contributed by atoms with Crippen molar-refractivity contribution < 1.29 is 23.8 Å². The number of hydrogen-bond acceptors (Lipinski definition) is 6. The number of amides is 1. The Labute approximate surface area is 201 Å². The van der Waals surface area contributed by atoms with Gasteiger partial charge < -0.3 is 19.2 Å². The maximum Gasteiger partial charge on any atom is 0.296 e. The number of aliphatic hydroxyl groups excluding tert-OH is 1. The lowest BCUT2D eigenvalue weighted by molar-refractivity contribution is -0.140. The number of nitrogens with zero attached hydrogens (tertiary/aromatic N) is 2. The number of carbonyl (C=O) groups excluding carboxylic acids is 2. The minimum Gasteiger partial charge on any atom is -0.507 e. The van der Waals surface area contributed by atoms with Gasteiger partial charge in [0, 0.05) is 18.0 Å². The highest BCUT2D eigenvalue weighted by Gasteiger charge is 2.46. The van der Waals surface area contributed by atoms with Gasteiger partial charge in [0.15, 0.2) is 0 Å². The second kappa shape index (κ2) is 9.69. The molecule has 1 aliphatic rings. The van der Waals surface area contributed by atoms with E-state index in [1.807, 2.05) is 36.4 Å². The molecule has 1 saturated heterocycles. The van der Waals surface area contributed by atoms with Gasteiger partial charge in [0.25, 0.3) is 11.7 Å². The summed E-state index contributed by atoms with van der Waals surface area (Å²) in [5.74, 6) is -0.617. The summed E-state index contributed by atoms with van der Waals surface area (Å²) < 4.78 is 11.4. The number of pyridine rings is 1. The van der Waals surface area contributed by atoms with Gasteiger partial charge in [0.1, 0.15) is 23.9 Å². The summed E-state index contributed by atoms with van der Waals surface area (Å²) in [7, 11) is 0. The van der Waals surface area contributed by atoms with Gasteiger partial charge in [-0.05, 0) is 47.5 Å². The standard InChI is InChI=1S/C28H22N2O5/c31-26(20-11-13-29-14-12-20)24-25(30(28(33)27(24)32)17-23-10-5-15-34-23)21-8-4-9-22(16-21)35-18-19-6-2-1-3-7-19/h1-16,25,31H,17-18H2. The third-order valence-corrected chi connectivity index (χ3v) is 5.82. The highest BCUT2D eigenvalue weighted by atomic mass is 16.5. The zero-order valence-corrected chi connectivity index (χ0v) is 18.7. The Bertz CT molecular complexity index is 1370. The van der Waals surface area contributed by atoms with Gasteiger partial charge in [0.05, 0.1) is 24.4 Å². The number of ether oxygens (including phenoxy) is 1. The first kappa shape index (κ1) is 22.2. The van der Waals surface area contributed by atoms with E-state index in [4.69, 9.17) is 9.15 Å². The lowest BCUT2D eigenvalue weighted by Gasteiger charge is -2.25. The van der Waals surface area contributed by atoms with E-state index in [1.54, 1.807) is 42.5 Å². The third-order valence-electron chi connectivity index (χ3n) is 5.82. The van der Waals surface area contributed by atoms with Crippen LogP contribution in [0.1, 0.15) is 28.5 Å². The quantitative estimate of drug-likeness (QED) is 0.237. The van der Waals surface area contributed by atoms with Crippen molar-refractivity contribution in [3.05, 3.63) is 126 Å². The number of benzene rings is 2. The van der Waals surface area contributed by atoms with Crippen molar-refractivity contribution in [2.24, 2.45) is 0 Å². The molecule has 1 aliphatic heterocycles. The van der Waals surface area contributed by atoms with Crippen molar-refractivity contribution in [2.45, 2.75) is 19.2 Å². The first-order valence-corrected chi connectivity index (χ1v) is 11.1. The Balaban J connectivity index is 1.55. The van der Waals surface area contributed by atoms with Crippen LogP contribution in [0.25, 0.3) is 5.76 Å². The van der Waals surface area contributed by atoms with Crippen molar-refractivity contribution in [3.63, 3.8) is 0 Å². The Morgan fingerprint density at radius 2 is 1.77 bits per heavy atom. The van der Waals surface area contributed by atoms with Crippen LogP contribution in [0.15, 0.2) is 108 Å². The molecule has 174 valence electrons. The number of aliphatic hydroxyl groups is 1. The fourth-order valence-electron chi connectivity index (χ4n) is 4.14. The van der Waals surface area contributed by atoms with Crippen molar-refractivity contribution in [3.8, 4) is 5.75 Å². The molecule has 0 spiro atoms. The van der Waals surface area contributed by atoms with E-state index in [9.17, 15) is 14.7 Å². The molecule has 3 heterocycles. The molecule has 1 fully saturated rings. The Morgan fingerprint density at radius 3 is 2.51 bits per heavy atom. The van der Waals surface area contributed by atoms with Gasteiger partial charge in [-0.3, -0.25) is 14.6 Å². The van der Waals surface area contributed by atoms with Gasteiger partial charge in [-0.15, -0.1) is 0 Å². The fourth-order valence-corrected chi connectivity index (χ4v) is 4.14. The normalized spacial score (nSPS) is 17.0. The molecule has 1 unspecified atom stereocenters. The van der Waals surface area contributed by atoms with Gasteiger partial charge in [-0.2, -0.15) is 0 Å². The average Bonchev–Trinajstić information content (AvgIpc) is 3.51. The number of aromatic nitrogens is 1. The number of carbonyl (C=O) groups is 2. The van der Waals surface area contributed by atoms with E-state index < -0.39 is 17.7 Å². The number of likely N-dealkylation sites (tertiary alicyclic amines) is 1. The number of rotatable bonds is 7. The van der Waals surface area contributed by atoms with E-state index in [0.717, 1.165) is 5.56 Å². The van der Waals surface area contributed by atoms with Crippen LogP contribution < -0.4 is 4.74 Å². The van der Waals surface area contributed by atoms with Crippen LogP contribution in [0.3, 0.4) is 0 Å². The highest BCUT2D eigenvalue weighted by molar-refractivity contribution is 6.46. The molecule has 0 saturated carbocycles. The fraction of sp³-hybridized carbons (Fsp3) is 0.107. The summed E-state index contributed by atoms with van der Waals surface area (Å²) in [6, 6.07) is 22.8. The first-order chi connectivity index (χ1) is 17.1. The molecule has 35 heavy (non-hydrogen) atoms. The predicted octanol–water partition coefficient (Wildman–Crippen LogP) is 4.88. The summed E-state index contributed by atoms with van der Waals surface area (Å²) in [6.45, 7) is 0.443. The van der Waals surface area contributed by atoms with Crippen LogP contribution in [-0.2, 0) is 22.7 Å². The number of ketones is 1. The van der Waals surface area contributed by atoms with Crippen LogP contribution >= 0.6 is 0 Å². The molecule has 7 heteroatoms. The maximum absolute atomic E-state index is 13.2. The Hall–Kier alpha value is -4.65. The van der Waals surface area contributed by atoms with E-state index in [1.165, 1.54) is 23.6 Å². The molecule has 2 aromatic carbocycles. The molecular weight excluding hydrogens is 444 g/mol. The van der Waals surface area contributed by atoms with Gasteiger partial charge >= 0.3 is 0 Å². The average molecular weight is 466 g/mol. The molecule has 7 nitrogen and oxygen atoms in total. The van der Waals surface area contributed by atoms with E-state index in [-0.39, 0.29) is 17.9 Å². The van der Waals surface area contributed by atoms with E-state index >= 15 is 0 Å². The molecule has 4 aromatic rings. The van der Waals surface area contributed by atoms with Crippen LogP contribution in [0.5, 0.6) is 5.75 Å². The highest BCUT2D eigenvalue weighted by Crippen LogP contribution is 2.41. The van der Waals surface area contributed by atoms with Crippen LogP contribution in [0, 0.1) is 0 Å². The molecular formula is C28H22N2O5. The second-order valence-electron chi connectivity index (χ2n) is 8.09. The summed E-state index contributed by atoms with van der Waals surface area (Å²) >= 11 is 0. The van der Waals surface area contributed by atoms with Gasteiger partial charge in [-0.1, -0.05) is 42.5 Å². The predicted molar refractivity (Wildman–Crippen MR) is 128 cm³/mol. The van der Waals surface area contributed by atoms with Crippen molar-refractivity contribution in [1.29, 1.82) is 0 Å². The summed E-state index contributed by atoms with van der Waals surface area (Å²) in [6.07, 6.45) is 4.54. The van der Waals surface area contributed by atoms with E-state index in [0.29, 0.717) is 29.2 Å². The number of furan rings is 1. The first-order valence-electron chi connectivity index (χ1n) is 11.1. The summed E-state index contributed by atoms with van der Waals surface area (Å²) in [5, 5.41) is 11.1. The molecule has 1 amide bonds. The van der Waals surface area contributed by atoms with Crippen molar-refractivity contribution >= 4 is 17.4 Å². The monoisotopic (exact) mass is 466 g/mol. The molecule has 0 radical (unpaired) electrons. The Morgan fingerprint density at radius 1 is 0.971 bits per heavy atom. The lowest BCUT2D eigenvalue weighted by atomic mass is 9.95. The molecule has 1 N–H and O–H groups in total. The van der Waals surface area contributed by atoms with Crippen LogP contribution in [0.2, 0.25) is 0 Å². The topological polar surface area (TPSA) is 92.9 Å². The van der Waals surface area contributed by atoms with Crippen molar-refractivity contribution in [1.82, 2.24) is 9.88 Å². The van der Waals surface area contributed by atoms with Crippen molar-refractivity contribution in [2.75, 3.05) is 0 Å². The maximum atomic E-state index is 13.2. The third kappa shape index (κ3) is 4.56.